The first kappa shape index (κ1) is 15.3. The summed E-state index contributed by atoms with van der Waals surface area (Å²) in [6.45, 7) is 4.36. The van der Waals surface area contributed by atoms with Gasteiger partial charge in [-0.25, -0.2) is 0 Å². The molecule has 0 unspecified atom stereocenters. The molecule has 0 aliphatic heterocycles. The van der Waals surface area contributed by atoms with Crippen LogP contribution in [-0.2, 0) is 24.2 Å². The van der Waals surface area contributed by atoms with Crippen molar-refractivity contribution in [1.82, 2.24) is 0 Å². The monoisotopic (exact) mass is 282 g/mol. The maximum atomic E-state index is 11.0. The summed E-state index contributed by atoms with van der Waals surface area (Å²) in [5.74, 6) is 1.09. The molecule has 0 saturated heterocycles. The van der Waals surface area contributed by atoms with Crippen LogP contribution in [-0.4, -0.2) is 5.78 Å². The molecule has 0 aliphatic rings. The van der Waals surface area contributed by atoms with Crippen molar-refractivity contribution < 1.29 is 9.53 Å². The highest BCUT2D eigenvalue weighted by Crippen LogP contribution is 2.15. The quantitative estimate of drug-likeness (QED) is 0.754. The number of ether oxygens (including phenoxy) is 1. The molecule has 2 rings (SSSR count). The number of rotatable bonds is 7. The van der Waals surface area contributed by atoms with Crippen LogP contribution in [0.4, 0.5) is 0 Å². The molecule has 0 fully saturated rings. The Morgan fingerprint density at radius 1 is 0.905 bits per heavy atom. The zero-order chi connectivity index (χ0) is 15.1. The summed E-state index contributed by atoms with van der Waals surface area (Å²) in [5.41, 5.74) is 3.69. The second kappa shape index (κ2) is 7.63. The molecule has 2 aromatic carbocycles. The van der Waals surface area contributed by atoms with Gasteiger partial charge in [0.05, 0.1) is 0 Å². The lowest BCUT2D eigenvalue weighted by Crippen LogP contribution is -1.97. The second-order valence-corrected chi connectivity index (χ2v) is 5.30. The normalized spacial score (nSPS) is 10.4. The fraction of sp³-hybridized carbons (Fsp3) is 0.316. The fourth-order valence-corrected chi connectivity index (χ4v) is 2.11. The first-order chi connectivity index (χ1) is 10.2. The number of benzene rings is 2. The van der Waals surface area contributed by atoms with Crippen molar-refractivity contribution in [3.05, 3.63) is 65.2 Å². The summed E-state index contributed by atoms with van der Waals surface area (Å²) in [5, 5.41) is 0. The van der Waals surface area contributed by atoms with Crippen LogP contribution in [0.5, 0.6) is 5.75 Å². The fourth-order valence-electron chi connectivity index (χ4n) is 2.11. The SMILES string of the molecule is CCc1ccc(COc2ccc(CCC(C)=O)cc2)cc1. The van der Waals surface area contributed by atoms with Crippen LogP contribution in [0.15, 0.2) is 48.5 Å². The zero-order valence-corrected chi connectivity index (χ0v) is 12.8. The lowest BCUT2D eigenvalue weighted by atomic mass is 10.1. The van der Waals surface area contributed by atoms with E-state index in [0.717, 1.165) is 18.6 Å². The second-order valence-electron chi connectivity index (χ2n) is 5.30. The van der Waals surface area contributed by atoms with E-state index in [2.05, 4.69) is 31.2 Å². The summed E-state index contributed by atoms with van der Waals surface area (Å²) in [6, 6.07) is 16.5. The van der Waals surface area contributed by atoms with Crippen molar-refractivity contribution in [2.45, 2.75) is 39.7 Å². The Balaban J connectivity index is 1.86. The summed E-state index contributed by atoms with van der Waals surface area (Å²) in [7, 11) is 0. The van der Waals surface area contributed by atoms with E-state index < -0.39 is 0 Å². The van der Waals surface area contributed by atoms with Gasteiger partial charge >= 0.3 is 0 Å². The number of hydrogen-bond acceptors (Lipinski definition) is 2. The lowest BCUT2D eigenvalue weighted by molar-refractivity contribution is -0.116. The number of Topliss-reactive ketones (excluding diaryl/α,β-unsaturated/α-hetero) is 1. The van der Waals surface area contributed by atoms with Crippen molar-refractivity contribution in [2.24, 2.45) is 0 Å². The molecule has 2 heteroatoms. The van der Waals surface area contributed by atoms with Gasteiger partial charge in [-0.2, -0.15) is 0 Å². The molecule has 0 N–H and O–H groups in total. The standard InChI is InChI=1S/C19H22O2/c1-3-16-6-8-18(9-7-16)14-21-19-12-10-17(11-13-19)5-4-15(2)20/h6-13H,3-5,14H2,1-2H3. The Morgan fingerprint density at radius 3 is 2.05 bits per heavy atom. The highest BCUT2D eigenvalue weighted by atomic mass is 16.5. The van der Waals surface area contributed by atoms with E-state index in [4.69, 9.17) is 4.74 Å². The van der Waals surface area contributed by atoms with E-state index in [1.54, 1.807) is 6.92 Å². The van der Waals surface area contributed by atoms with Gasteiger partial charge < -0.3 is 9.53 Å². The van der Waals surface area contributed by atoms with Crippen LogP contribution in [0.2, 0.25) is 0 Å². The predicted molar refractivity (Wildman–Crippen MR) is 85.6 cm³/mol. The van der Waals surface area contributed by atoms with Gasteiger partial charge in [0.1, 0.15) is 18.1 Å². The third-order valence-electron chi connectivity index (χ3n) is 3.53. The number of aryl methyl sites for hydroxylation is 2. The van der Waals surface area contributed by atoms with Crippen molar-refractivity contribution in [3.8, 4) is 5.75 Å². The summed E-state index contributed by atoms with van der Waals surface area (Å²) in [4.78, 5) is 11.0. The van der Waals surface area contributed by atoms with Gasteiger partial charge in [0.15, 0.2) is 0 Å². The molecular formula is C19H22O2. The minimum absolute atomic E-state index is 0.228. The average molecular weight is 282 g/mol. The van der Waals surface area contributed by atoms with E-state index in [1.165, 1.54) is 16.7 Å². The summed E-state index contributed by atoms with van der Waals surface area (Å²) < 4.78 is 5.78. The topological polar surface area (TPSA) is 26.3 Å². The van der Waals surface area contributed by atoms with Crippen molar-refractivity contribution in [2.75, 3.05) is 0 Å². The van der Waals surface area contributed by atoms with E-state index in [1.807, 2.05) is 24.3 Å². The van der Waals surface area contributed by atoms with Gasteiger partial charge in [-0.3, -0.25) is 0 Å². The van der Waals surface area contributed by atoms with E-state index in [-0.39, 0.29) is 5.78 Å². The molecule has 0 aliphatic carbocycles. The third kappa shape index (κ3) is 5.07. The molecule has 2 aromatic rings. The Bertz CT molecular complexity index is 568. The molecule has 0 amide bonds. The number of hydrogen-bond donors (Lipinski definition) is 0. The first-order valence-corrected chi connectivity index (χ1v) is 7.46. The third-order valence-corrected chi connectivity index (χ3v) is 3.53. The highest BCUT2D eigenvalue weighted by Gasteiger charge is 1.99. The molecule has 0 aromatic heterocycles. The van der Waals surface area contributed by atoms with Crippen molar-refractivity contribution >= 4 is 5.78 Å². The van der Waals surface area contributed by atoms with Gasteiger partial charge in [-0.15, -0.1) is 0 Å². The van der Waals surface area contributed by atoms with Gasteiger partial charge in [-0.1, -0.05) is 43.3 Å². The van der Waals surface area contributed by atoms with Gasteiger partial charge in [0.25, 0.3) is 0 Å². The zero-order valence-electron chi connectivity index (χ0n) is 12.8. The largest absolute Gasteiger partial charge is 0.489 e. The van der Waals surface area contributed by atoms with Crippen molar-refractivity contribution in [3.63, 3.8) is 0 Å². The maximum absolute atomic E-state index is 11.0. The van der Waals surface area contributed by atoms with E-state index >= 15 is 0 Å². The molecule has 0 radical (unpaired) electrons. The van der Waals surface area contributed by atoms with Crippen LogP contribution in [0.1, 0.15) is 37.0 Å². The highest BCUT2D eigenvalue weighted by molar-refractivity contribution is 5.75. The van der Waals surface area contributed by atoms with Crippen molar-refractivity contribution in [1.29, 1.82) is 0 Å². The average Bonchev–Trinajstić information content (AvgIpc) is 2.52. The Kier molecular flexibility index (Phi) is 5.56. The minimum Gasteiger partial charge on any atom is -0.489 e. The molecular weight excluding hydrogens is 260 g/mol. The molecule has 110 valence electrons. The number of carbonyl (C=O) groups excluding carboxylic acids is 1. The molecule has 0 spiro atoms. The van der Waals surface area contributed by atoms with Crippen LogP contribution in [0.25, 0.3) is 0 Å². The summed E-state index contributed by atoms with van der Waals surface area (Å²) >= 11 is 0. The van der Waals surface area contributed by atoms with Gasteiger partial charge in [0, 0.05) is 6.42 Å². The van der Waals surface area contributed by atoms with Crippen LogP contribution >= 0.6 is 0 Å². The van der Waals surface area contributed by atoms with Crippen LogP contribution in [0, 0.1) is 0 Å². The van der Waals surface area contributed by atoms with E-state index in [9.17, 15) is 4.79 Å². The Labute approximate surface area is 126 Å². The Hall–Kier alpha value is -2.09. The molecule has 21 heavy (non-hydrogen) atoms. The van der Waals surface area contributed by atoms with Gasteiger partial charge in [0.2, 0.25) is 0 Å². The molecule has 0 atom stereocenters. The molecule has 2 nitrogen and oxygen atoms in total. The van der Waals surface area contributed by atoms with Crippen LogP contribution < -0.4 is 4.74 Å². The van der Waals surface area contributed by atoms with Crippen LogP contribution in [0.3, 0.4) is 0 Å². The minimum atomic E-state index is 0.228. The molecule has 0 saturated carbocycles. The maximum Gasteiger partial charge on any atom is 0.130 e. The summed E-state index contributed by atoms with van der Waals surface area (Å²) in [6.07, 6.45) is 2.46. The smallest absolute Gasteiger partial charge is 0.130 e. The number of ketones is 1. The van der Waals surface area contributed by atoms with Gasteiger partial charge in [-0.05, 0) is 48.6 Å². The number of carbonyl (C=O) groups is 1. The lowest BCUT2D eigenvalue weighted by Gasteiger charge is -2.08. The van der Waals surface area contributed by atoms with E-state index in [0.29, 0.717) is 13.0 Å². The first-order valence-electron chi connectivity index (χ1n) is 7.46. The molecule has 0 bridgehead atoms. The predicted octanol–water partition coefficient (Wildman–Crippen LogP) is 4.35. The molecule has 0 heterocycles. The Morgan fingerprint density at radius 2 is 1.48 bits per heavy atom.